The van der Waals surface area contributed by atoms with E-state index in [4.69, 9.17) is 0 Å². The van der Waals surface area contributed by atoms with Gasteiger partial charge in [-0.15, -0.1) is 0 Å². The molecule has 0 bridgehead atoms. The number of rotatable bonds is 1. The van der Waals surface area contributed by atoms with E-state index >= 15 is 0 Å². The van der Waals surface area contributed by atoms with Crippen molar-refractivity contribution in [2.75, 3.05) is 18.0 Å². The van der Waals surface area contributed by atoms with Gasteiger partial charge in [-0.1, -0.05) is 15.9 Å². The number of anilines is 1. The molecule has 0 amide bonds. The van der Waals surface area contributed by atoms with Gasteiger partial charge in [0.25, 0.3) is 0 Å². The van der Waals surface area contributed by atoms with Crippen LogP contribution in [0, 0.1) is 6.92 Å². The van der Waals surface area contributed by atoms with E-state index < -0.39 is 0 Å². The van der Waals surface area contributed by atoms with E-state index in [9.17, 15) is 0 Å². The van der Waals surface area contributed by atoms with Crippen LogP contribution in [-0.2, 0) is 0 Å². The maximum Gasteiger partial charge on any atom is 0.0369 e. The summed E-state index contributed by atoms with van der Waals surface area (Å²) in [6.07, 6.45) is 4.08. The lowest BCUT2D eigenvalue weighted by Crippen LogP contribution is -2.29. The molecule has 1 aliphatic rings. The molecular formula is C12H16BrN. The third kappa shape index (κ3) is 2.11. The predicted octanol–water partition coefficient (Wildman–Crippen LogP) is 3.75. The molecule has 1 saturated heterocycles. The lowest BCUT2D eigenvalue weighted by molar-refractivity contribution is 0.578. The second-order valence-corrected chi connectivity index (χ2v) is 4.84. The second kappa shape index (κ2) is 4.35. The molecule has 1 aliphatic heterocycles. The number of aryl methyl sites for hydroxylation is 1. The van der Waals surface area contributed by atoms with Gasteiger partial charge in [-0.2, -0.15) is 0 Å². The van der Waals surface area contributed by atoms with Gasteiger partial charge in [0, 0.05) is 23.2 Å². The third-order valence-corrected chi connectivity index (χ3v) is 3.75. The summed E-state index contributed by atoms with van der Waals surface area (Å²) in [5.74, 6) is 0. The molecule has 0 unspecified atom stereocenters. The van der Waals surface area contributed by atoms with E-state index in [0.29, 0.717) is 0 Å². The summed E-state index contributed by atoms with van der Waals surface area (Å²) in [5, 5.41) is 0. The second-order valence-electron chi connectivity index (χ2n) is 3.98. The van der Waals surface area contributed by atoms with Crippen LogP contribution in [0.15, 0.2) is 22.7 Å². The minimum Gasteiger partial charge on any atom is -0.372 e. The molecule has 2 rings (SSSR count). The molecule has 1 aromatic rings. The molecule has 1 aromatic carbocycles. The molecule has 0 aromatic heterocycles. The van der Waals surface area contributed by atoms with Crippen LogP contribution in [0.2, 0.25) is 0 Å². The summed E-state index contributed by atoms with van der Waals surface area (Å²) in [7, 11) is 0. The molecule has 1 heterocycles. The van der Waals surface area contributed by atoms with Gasteiger partial charge in [-0.25, -0.2) is 0 Å². The van der Waals surface area contributed by atoms with Gasteiger partial charge < -0.3 is 4.90 Å². The fraction of sp³-hybridized carbons (Fsp3) is 0.500. The first-order valence-corrected chi connectivity index (χ1v) is 6.08. The van der Waals surface area contributed by atoms with Crippen molar-refractivity contribution in [2.24, 2.45) is 0 Å². The van der Waals surface area contributed by atoms with E-state index in [2.05, 4.69) is 46.0 Å². The highest BCUT2D eigenvalue weighted by Crippen LogP contribution is 2.25. The quantitative estimate of drug-likeness (QED) is 0.737. The lowest BCUT2D eigenvalue weighted by Gasteiger charge is -2.29. The number of halogens is 1. The zero-order chi connectivity index (χ0) is 9.97. The smallest absolute Gasteiger partial charge is 0.0369 e. The molecule has 0 N–H and O–H groups in total. The van der Waals surface area contributed by atoms with E-state index in [1.165, 1.54) is 48.1 Å². The number of piperidine rings is 1. The Bertz CT molecular complexity index is 316. The minimum atomic E-state index is 1.21. The number of hydrogen-bond acceptors (Lipinski definition) is 1. The zero-order valence-corrected chi connectivity index (χ0v) is 10.2. The molecule has 76 valence electrons. The average molecular weight is 254 g/mol. The summed E-state index contributed by atoms with van der Waals surface area (Å²) in [6.45, 7) is 4.60. The van der Waals surface area contributed by atoms with Crippen molar-refractivity contribution in [2.45, 2.75) is 26.2 Å². The highest BCUT2D eigenvalue weighted by molar-refractivity contribution is 9.10. The molecule has 0 atom stereocenters. The monoisotopic (exact) mass is 253 g/mol. The van der Waals surface area contributed by atoms with Crippen LogP contribution in [0.1, 0.15) is 24.8 Å². The highest BCUT2D eigenvalue weighted by atomic mass is 79.9. The van der Waals surface area contributed by atoms with Crippen molar-refractivity contribution in [3.8, 4) is 0 Å². The summed E-state index contributed by atoms with van der Waals surface area (Å²) in [4.78, 5) is 2.49. The van der Waals surface area contributed by atoms with Crippen molar-refractivity contribution >= 4 is 21.6 Å². The summed E-state index contributed by atoms with van der Waals surface area (Å²) < 4.78 is 1.21. The Morgan fingerprint density at radius 2 is 1.86 bits per heavy atom. The summed E-state index contributed by atoms with van der Waals surface area (Å²) in [5.41, 5.74) is 2.71. The van der Waals surface area contributed by atoms with Gasteiger partial charge in [-0.05, 0) is 49.9 Å². The summed E-state index contributed by atoms with van der Waals surface area (Å²) >= 11 is 3.53. The molecule has 1 fully saturated rings. The van der Waals surface area contributed by atoms with Crippen LogP contribution >= 0.6 is 15.9 Å². The van der Waals surface area contributed by atoms with Crippen LogP contribution in [0.5, 0.6) is 0 Å². The van der Waals surface area contributed by atoms with Crippen LogP contribution in [0.25, 0.3) is 0 Å². The van der Waals surface area contributed by atoms with Crippen molar-refractivity contribution in [1.29, 1.82) is 0 Å². The van der Waals surface area contributed by atoms with E-state index in [0.717, 1.165) is 0 Å². The largest absolute Gasteiger partial charge is 0.372 e. The van der Waals surface area contributed by atoms with Gasteiger partial charge in [0.15, 0.2) is 0 Å². The third-order valence-electron chi connectivity index (χ3n) is 2.86. The SMILES string of the molecule is Cc1cc(N2CCCCC2)ccc1Br. The number of hydrogen-bond donors (Lipinski definition) is 0. The van der Waals surface area contributed by atoms with Crippen molar-refractivity contribution in [3.05, 3.63) is 28.2 Å². The first-order chi connectivity index (χ1) is 6.77. The van der Waals surface area contributed by atoms with Crippen molar-refractivity contribution in [1.82, 2.24) is 0 Å². The van der Waals surface area contributed by atoms with E-state index in [1.807, 2.05) is 0 Å². The Morgan fingerprint density at radius 3 is 2.50 bits per heavy atom. The fourth-order valence-corrected chi connectivity index (χ4v) is 2.22. The molecule has 0 aliphatic carbocycles. The normalized spacial score (nSPS) is 17.1. The fourth-order valence-electron chi connectivity index (χ4n) is 1.98. The number of benzene rings is 1. The Balaban J connectivity index is 2.18. The minimum absolute atomic E-state index is 1.21. The van der Waals surface area contributed by atoms with Crippen molar-refractivity contribution in [3.63, 3.8) is 0 Å². The zero-order valence-electron chi connectivity index (χ0n) is 8.59. The topological polar surface area (TPSA) is 3.24 Å². The molecular weight excluding hydrogens is 238 g/mol. The summed E-state index contributed by atoms with van der Waals surface area (Å²) in [6, 6.07) is 6.64. The Hall–Kier alpha value is -0.500. The Kier molecular flexibility index (Phi) is 3.12. The van der Waals surface area contributed by atoms with Crippen LogP contribution < -0.4 is 4.90 Å². The standard InChI is InChI=1S/C12H16BrN/c1-10-9-11(5-6-12(10)13)14-7-3-2-4-8-14/h5-6,9H,2-4,7-8H2,1H3. The molecule has 14 heavy (non-hydrogen) atoms. The van der Waals surface area contributed by atoms with Gasteiger partial charge >= 0.3 is 0 Å². The molecule has 0 saturated carbocycles. The van der Waals surface area contributed by atoms with Crippen LogP contribution in [0.3, 0.4) is 0 Å². The van der Waals surface area contributed by atoms with Crippen molar-refractivity contribution < 1.29 is 0 Å². The van der Waals surface area contributed by atoms with E-state index in [-0.39, 0.29) is 0 Å². The number of nitrogens with zero attached hydrogens (tertiary/aromatic N) is 1. The van der Waals surface area contributed by atoms with Gasteiger partial charge in [0.05, 0.1) is 0 Å². The first-order valence-electron chi connectivity index (χ1n) is 5.28. The predicted molar refractivity (Wildman–Crippen MR) is 64.9 cm³/mol. The van der Waals surface area contributed by atoms with Crippen LogP contribution in [-0.4, -0.2) is 13.1 Å². The van der Waals surface area contributed by atoms with Gasteiger partial charge in [-0.3, -0.25) is 0 Å². The Labute approximate surface area is 94.2 Å². The highest BCUT2D eigenvalue weighted by Gasteiger charge is 2.10. The molecule has 2 heteroatoms. The average Bonchev–Trinajstić information content (AvgIpc) is 2.23. The van der Waals surface area contributed by atoms with E-state index in [1.54, 1.807) is 0 Å². The lowest BCUT2D eigenvalue weighted by atomic mass is 10.1. The molecule has 1 nitrogen and oxygen atoms in total. The Morgan fingerprint density at radius 1 is 1.14 bits per heavy atom. The van der Waals surface area contributed by atoms with Crippen LogP contribution in [0.4, 0.5) is 5.69 Å². The molecule has 0 radical (unpaired) electrons. The maximum atomic E-state index is 3.53. The van der Waals surface area contributed by atoms with Gasteiger partial charge in [0.1, 0.15) is 0 Å². The maximum absolute atomic E-state index is 3.53. The molecule has 0 spiro atoms. The van der Waals surface area contributed by atoms with Gasteiger partial charge in [0.2, 0.25) is 0 Å². The first kappa shape index (κ1) is 10.0.